The zero-order valence-corrected chi connectivity index (χ0v) is 81.0. The first kappa shape index (κ1) is 93.0. The van der Waals surface area contributed by atoms with Crippen molar-refractivity contribution in [3.63, 3.8) is 0 Å². The Morgan fingerprint density at radius 3 is 0.973 bits per heavy atom. The number of halogens is 4. The lowest BCUT2D eigenvalue weighted by Crippen LogP contribution is -2.48. The number of nitrogens with one attached hydrogen (secondary N) is 8. The van der Waals surface area contributed by atoms with E-state index in [-0.39, 0.29) is 23.3 Å². The van der Waals surface area contributed by atoms with E-state index < -0.39 is 0 Å². The molecule has 3 fully saturated rings. The number of pyridine rings is 12. The molecule has 0 atom stereocenters. The van der Waals surface area contributed by atoms with Gasteiger partial charge >= 0.3 is 0 Å². The van der Waals surface area contributed by atoms with Crippen LogP contribution in [0.25, 0.3) is 223 Å². The van der Waals surface area contributed by atoms with E-state index in [2.05, 4.69) is 154 Å². The first-order valence-electron chi connectivity index (χ1n) is 48.8. The average Bonchev–Trinajstić information content (AvgIpc) is 1.62. The largest absolute Gasteiger partial charge is 0.378 e. The summed E-state index contributed by atoms with van der Waals surface area (Å²) < 4.78 is 64.2. The fourth-order valence-electron chi connectivity index (χ4n) is 19.6. The van der Waals surface area contributed by atoms with Gasteiger partial charge in [0.2, 0.25) is 0 Å². The molecule has 3 aliphatic heterocycles. The van der Waals surface area contributed by atoms with Gasteiger partial charge in [0.05, 0.1) is 104 Å². The van der Waals surface area contributed by atoms with Gasteiger partial charge in [-0.2, -0.15) is 20.4 Å². The zero-order chi connectivity index (χ0) is 101. The van der Waals surface area contributed by atoms with Crippen molar-refractivity contribution in [2.45, 2.75) is 45.8 Å². The number of morpholine rings is 1. The second-order valence-electron chi connectivity index (χ2n) is 37.4. The van der Waals surface area contributed by atoms with Gasteiger partial charge in [-0.15, -0.1) is 0 Å². The number of rotatable bonds is 19. The molecule has 0 unspecified atom stereocenters. The van der Waals surface area contributed by atoms with Crippen molar-refractivity contribution in [3.05, 3.63) is 304 Å². The highest BCUT2D eigenvalue weighted by Gasteiger charge is 2.28. The van der Waals surface area contributed by atoms with Crippen LogP contribution in [0.1, 0.15) is 37.8 Å². The number of hydrogen-bond acceptors (Lipinski definition) is 26. The molecule has 0 saturated carbocycles. The molecule has 736 valence electrons. The Morgan fingerprint density at radius 1 is 0.322 bits per heavy atom. The maximum absolute atomic E-state index is 14.9. The Balaban J connectivity index is 0.000000106. The van der Waals surface area contributed by atoms with Gasteiger partial charge in [0.15, 0.2) is 45.9 Å². The number of benzene rings is 4. The van der Waals surface area contributed by atoms with Crippen LogP contribution in [0.4, 0.5) is 28.9 Å². The molecule has 8 N–H and O–H groups in total. The minimum Gasteiger partial charge on any atom is -0.378 e. The summed E-state index contributed by atoms with van der Waals surface area (Å²) in [5.41, 5.74) is 28.2. The van der Waals surface area contributed by atoms with Crippen molar-refractivity contribution in [1.82, 2.24) is 155 Å². The Labute approximate surface area is 846 Å². The SMILES string of the molecule is CC(C)N1CCN(c2cc(F)cc(-c3cncc4[nH]c(-c5[nH]nc6ncc(-c7cccnc7)cc56)nc34)c2)CC1.CN(C)Cc1cc(F)cc(-c2cncc3[nH]c(-c4[nH]nc5ncc(-c6cccnc6)cc45)nc23)c1.Fc1cc(-c2cncc3[nH]c(-c4[nH]nc5ncc(-c6cccnc6)cc45)nc23)cc(N2CCOCC2)c1.Fc1cc(CN2CCCC2)cc(-c2cncc3[nH]c(-c4[nH]nc5ncc(-c6cccnc6)cc45)nc23)c1. The molecule has 0 amide bonds. The molecule has 20 aromatic heterocycles. The fraction of sp³-hybridized carbons (Fsp3) is 0.171. The number of aromatic amines is 8. The van der Waals surface area contributed by atoms with Gasteiger partial charge in [-0.05, 0) is 209 Å². The van der Waals surface area contributed by atoms with Gasteiger partial charge in [0.25, 0.3) is 0 Å². The standard InChI is InChI=1S/C30H28FN9.C28H23FN8.C27H21FN8O.C26H21FN8/c1-18(2)39-6-8-40(9-7-39)23-11-20(10-22(31)13-23)25-16-33-17-26-27(25)36-30(35-26)28-24-12-21(15-34-29(24)38-37-28)19-4-3-5-32-14-19;29-21-9-17(16-37-6-1-2-7-37)8-19(10-21)23-14-31-15-24-25(23)34-28(33-24)26-22-11-20(13-32-27(22)36-35-26)18-4-3-5-30-12-18;28-19-8-17(9-20(11-19)36-4-6-37-7-5-36)22-14-30-15-23-24(22)33-27(32-23)25-21-10-18(13-31-26(21)35-34-25)16-2-1-3-29-12-16;1-35(2)14-15-6-17(8-19(27)7-15)21-12-29-13-22-23(21)32-26(31-22)24-20-9-18(11-30-25(20)34-33-24)16-4-3-5-28-10-16/h3-5,10-18H,6-9H2,1-2H3,(H,35,36)(H,34,37,38);3-5,8-15H,1-2,6-7,16H2,(H,33,34)(H,32,35,36);1-3,8-15H,4-7H2,(H,32,33)(H,31,34,35);3-13H,14H2,1-2H3,(H,31,32)(H,30,33,34). The Morgan fingerprint density at radius 2 is 0.644 bits per heavy atom. The van der Waals surface area contributed by atoms with Gasteiger partial charge in [-0.25, -0.2) is 57.4 Å². The second kappa shape index (κ2) is 40.3. The third-order valence-corrected chi connectivity index (χ3v) is 27.0. The lowest BCUT2D eigenvalue weighted by atomic mass is 10.0. The Bertz CT molecular complexity index is 9040. The maximum atomic E-state index is 14.9. The lowest BCUT2D eigenvalue weighted by Gasteiger charge is -2.38. The van der Waals surface area contributed by atoms with Gasteiger partial charge < -0.3 is 39.4 Å². The summed E-state index contributed by atoms with van der Waals surface area (Å²) in [5, 5.41) is 33.1. The number of piperazine rings is 1. The fourth-order valence-corrected chi connectivity index (χ4v) is 19.6. The number of H-pyrrole nitrogens is 8. The van der Waals surface area contributed by atoms with E-state index >= 15 is 0 Å². The molecule has 0 bridgehead atoms. The molecule has 3 aliphatic rings. The topological polar surface area (TPSA) is 410 Å². The van der Waals surface area contributed by atoms with E-state index in [1.165, 1.54) is 25.0 Å². The number of likely N-dealkylation sites (tertiary alicyclic amines) is 1. The molecule has 0 spiro atoms. The number of anilines is 2. The summed E-state index contributed by atoms with van der Waals surface area (Å²) in [4.78, 5) is 96.7. The molecule has 34 nitrogen and oxygen atoms in total. The maximum Gasteiger partial charge on any atom is 0.181 e. The number of ether oxygens (including phenoxy) is 1. The molecule has 38 heteroatoms. The molecular formula is C111H93F4N33O. The third kappa shape index (κ3) is 19.3. The van der Waals surface area contributed by atoms with Crippen molar-refractivity contribution in [2.75, 3.05) is 89.5 Å². The molecule has 23 heterocycles. The lowest BCUT2D eigenvalue weighted by molar-refractivity contribution is 0.122. The van der Waals surface area contributed by atoms with Gasteiger partial charge in [-0.3, -0.25) is 70.1 Å². The Kier molecular flexibility index (Phi) is 25.2. The molecule has 24 aromatic rings. The molecule has 0 aliphatic carbocycles. The number of fused-ring (bicyclic) bond motifs is 8. The molecule has 3 saturated heterocycles. The minimum atomic E-state index is -0.305. The quantitative estimate of drug-likeness (QED) is 0.0349. The van der Waals surface area contributed by atoms with Crippen molar-refractivity contribution < 1.29 is 22.3 Å². The summed E-state index contributed by atoms with van der Waals surface area (Å²) in [6, 6.07) is 44.6. The Hall–Kier alpha value is -18.4. The van der Waals surface area contributed by atoms with Crippen LogP contribution in [0.2, 0.25) is 0 Å². The van der Waals surface area contributed by atoms with Crippen LogP contribution in [0.5, 0.6) is 0 Å². The molecule has 149 heavy (non-hydrogen) atoms. The summed E-state index contributed by atoms with van der Waals surface area (Å²) in [7, 11) is 3.91. The predicted molar refractivity (Wildman–Crippen MR) is 565 cm³/mol. The molecular weight excluding hydrogens is 1890 g/mol. The minimum absolute atomic E-state index is 0.256. The first-order chi connectivity index (χ1) is 73.0. The van der Waals surface area contributed by atoms with Crippen molar-refractivity contribution in [2.24, 2.45) is 0 Å². The average molecular weight is 1980 g/mol. The monoisotopic (exact) mass is 1980 g/mol. The number of imidazole rings is 4. The van der Waals surface area contributed by atoms with Gasteiger partial charge in [0.1, 0.15) is 46.0 Å². The van der Waals surface area contributed by atoms with Crippen LogP contribution in [-0.4, -0.2) is 241 Å². The van der Waals surface area contributed by atoms with E-state index in [4.69, 9.17) is 24.7 Å². The number of hydrogen-bond donors (Lipinski definition) is 8. The van der Waals surface area contributed by atoms with E-state index in [1.807, 2.05) is 116 Å². The highest BCUT2D eigenvalue weighted by molar-refractivity contribution is 6.02. The van der Waals surface area contributed by atoms with Gasteiger partial charge in [0, 0.05) is 236 Å². The van der Waals surface area contributed by atoms with Crippen LogP contribution in [0.15, 0.2) is 270 Å². The van der Waals surface area contributed by atoms with Crippen molar-refractivity contribution >= 4 is 99.6 Å². The second-order valence-corrected chi connectivity index (χ2v) is 37.4. The van der Waals surface area contributed by atoms with Crippen LogP contribution in [0.3, 0.4) is 0 Å². The van der Waals surface area contributed by atoms with Crippen LogP contribution < -0.4 is 9.80 Å². The summed E-state index contributed by atoms with van der Waals surface area (Å²) in [6.45, 7) is 14.2. The van der Waals surface area contributed by atoms with E-state index in [0.29, 0.717) is 105 Å². The van der Waals surface area contributed by atoms with E-state index in [1.54, 1.807) is 160 Å². The molecule has 0 radical (unpaired) electrons. The van der Waals surface area contributed by atoms with Crippen LogP contribution >= 0.6 is 0 Å². The summed E-state index contributed by atoms with van der Waals surface area (Å²) in [5.74, 6) is 1.30. The van der Waals surface area contributed by atoms with Crippen LogP contribution in [-0.2, 0) is 17.8 Å². The zero-order valence-electron chi connectivity index (χ0n) is 81.0. The third-order valence-electron chi connectivity index (χ3n) is 27.0. The van der Waals surface area contributed by atoms with Gasteiger partial charge in [-0.1, -0.05) is 24.3 Å². The van der Waals surface area contributed by atoms with Crippen molar-refractivity contribution in [3.8, 4) is 135 Å². The number of nitrogens with zero attached hydrogens (tertiary/aromatic N) is 25. The van der Waals surface area contributed by atoms with Crippen molar-refractivity contribution in [1.29, 1.82) is 0 Å². The predicted octanol–water partition coefficient (Wildman–Crippen LogP) is 20.1. The normalized spacial score (nSPS) is 13.7. The summed E-state index contributed by atoms with van der Waals surface area (Å²) in [6.07, 6.45) is 37.5. The molecule has 27 rings (SSSR count). The molecule has 4 aromatic carbocycles. The van der Waals surface area contributed by atoms with Crippen LogP contribution in [0, 0.1) is 23.3 Å². The smallest absolute Gasteiger partial charge is 0.181 e. The summed E-state index contributed by atoms with van der Waals surface area (Å²) >= 11 is 0. The van der Waals surface area contributed by atoms with E-state index in [9.17, 15) is 17.6 Å². The highest BCUT2D eigenvalue weighted by atomic mass is 19.1. The highest BCUT2D eigenvalue weighted by Crippen LogP contribution is 2.42. The number of aromatic nitrogens is 28. The first-order valence-corrected chi connectivity index (χ1v) is 48.8. The van der Waals surface area contributed by atoms with E-state index in [0.717, 1.165) is 225 Å².